The van der Waals surface area contributed by atoms with Crippen LogP contribution in [0.3, 0.4) is 0 Å². The van der Waals surface area contributed by atoms with Gasteiger partial charge in [-0.05, 0) is 37.7 Å². The number of rotatable bonds is 4. The van der Waals surface area contributed by atoms with Gasteiger partial charge in [-0.3, -0.25) is 9.59 Å². The van der Waals surface area contributed by atoms with E-state index in [2.05, 4.69) is 5.32 Å². The van der Waals surface area contributed by atoms with Crippen molar-refractivity contribution in [3.63, 3.8) is 0 Å². The van der Waals surface area contributed by atoms with Gasteiger partial charge in [-0.1, -0.05) is 44.2 Å². The summed E-state index contributed by atoms with van der Waals surface area (Å²) in [6.07, 6.45) is 0. The van der Waals surface area contributed by atoms with Crippen LogP contribution in [0.4, 0.5) is 0 Å². The summed E-state index contributed by atoms with van der Waals surface area (Å²) in [6, 6.07) is 8.87. The molecule has 1 aromatic carbocycles. The maximum atomic E-state index is 13.0. The van der Waals surface area contributed by atoms with Gasteiger partial charge in [-0.25, -0.2) is 0 Å². The second kappa shape index (κ2) is 5.84. The van der Waals surface area contributed by atoms with Crippen LogP contribution in [0, 0.1) is 16.7 Å². The number of piperidine rings is 1. The molecule has 0 aromatic heterocycles. The molecule has 1 saturated carbocycles. The third-order valence-corrected chi connectivity index (χ3v) is 5.58. The van der Waals surface area contributed by atoms with E-state index in [0.717, 1.165) is 5.56 Å². The van der Waals surface area contributed by atoms with Gasteiger partial charge in [0.25, 0.3) is 0 Å². The van der Waals surface area contributed by atoms with Crippen LogP contribution in [-0.2, 0) is 25.7 Å². The monoisotopic (exact) mass is 345 g/mol. The van der Waals surface area contributed by atoms with Gasteiger partial charge in [0.15, 0.2) is 0 Å². The lowest BCUT2D eigenvalue weighted by atomic mass is 9.88. The molecule has 1 N–H and O–H groups in total. The lowest BCUT2D eigenvalue weighted by molar-refractivity contribution is -0.169. The topological polar surface area (TPSA) is 64.6 Å². The molecule has 1 aliphatic heterocycles. The highest BCUT2D eigenvalue weighted by Gasteiger charge is 2.83. The Bertz CT molecular complexity index is 677. The van der Waals surface area contributed by atoms with Gasteiger partial charge in [0.2, 0.25) is 0 Å². The molecule has 1 saturated heterocycles. The maximum absolute atomic E-state index is 13.0. The zero-order valence-corrected chi connectivity index (χ0v) is 15.6. The highest BCUT2D eigenvalue weighted by atomic mass is 16.6. The molecule has 0 radical (unpaired) electrons. The van der Waals surface area contributed by atoms with E-state index in [1.807, 2.05) is 65.0 Å². The standard InChI is InChI=1S/C20H27NO4/c1-18(2,3)25-17(23)20-14(19(20,4)5)11-21-15(20)16(22)24-12-13-9-7-6-8-10-13/h6-10,14-15,21H,11-12H2,1-5H3/t14-,15+,20+/m0/s1. The predicted molar refractivity (Wildman–Crippen MR) is 93.6 cm³/mol. The molecule has 1 aliphatic carbocycles. The molecule has 136 valence electrons. The van der Waals surface area contributed by atoms with E-state index in [1.165, 1.54) is 0 Å². The minimum Gasteiger partial charge on any atom is -0.460 e. The van der Waals surface area contributed by atoms with Gasteiger partial charge in [0.05, 0.1) is 0 Å². The molecule has 3 atom stereocenters. The van der Waals surface area contributed by atoms with E-state index in [4.69, 9.17) is 9.47 Å². The summed E-state index contributed by atoms with van der Waals surface area (Å²) in [5.74, 6) is -0.603. The lowest BCUT2D eigenvalue weighted by Gasteiger charge is -2.29. The number of hydrogen-bond acceptors (Lipinski definition) is 5. The summed E-state index contributed by atoms with van der Waals surface area (Å²) in [4.78, 5) is 25.7. The van der Waals surface area contributed by atoms with Gasteiger partial charge in [-0.2, -0.15) is 0 Å². The molecule has 5 nitrogen and oxygen atoms in total. The second-order valence-electron chi connectivity index (χ2n) is 8.58. The quantitative estimate of drug-likeness (QED) is 0.850. The van der Waals surface area contributed by atoms with Crippen LogP contribution >= 0.6 is 0 Å². The molecule has 1 heterocycles. The van der Waals surface area contributed by atoms with E-state index in [0.29, 0.717) is 6.54 Å². The molecule has 2 aliphatic rings. The molecule has 0 spiro atoms. The van der Waals surface area contributed by atoms with E-state index in [-0.39, 0.29) is 29.9 Å². The predicted octanol–water partition coefficient (Wildman–Crippen LogP) is 2.69. The third-order valence-electron chi connectivity index (χ3n) is 5.58. The van der Waals surface area contributed by atoms with E-state index in [1.54, 1.807) is 0 Å². The first kappa shape index (κ1) is 17.9. The van der Waals surface area contributed by atoms with E-state index in [9.17, 15) is 9.59 Å². The average molecular weight is 345 g/mol. The molecule has 2 fully saturated rings. The van der Waals surface area contributed by atoms with Crippen LogP contribution in [0.2, 0.25) is 0 Å². The maximum Gasteiger partial charge on any atom is 0.324 e. The van der Waals surface area contributed by atoms with Crippen molar-refractivity contribution in [2.75, 3.05) is 6.54 Å². The van der Waals surface area contributed by atoms with Crippen molar-refractivity contribution >= 4 is 11.9 Å². The lowest BCUT2D eigenvalue weighted by Crippen LogP contribution is -2.49. The van der Waals surface area contributed by atoms with Crippen molar-refractivity contribution in [3.05, 3.63) is 35.9 Å². The van der Waals surface area contributed by atoms with Crippen LogP contribution in [0.15, 0.2) is 30.3 Å². The normalized spacial score (nSPS) is 29.6. The number of nitrogens with one attached hydrogen (secondary N) is 1. The number of esters is 2. The van der Waals surface area contributed by atoms with Crippen LogP contribution in [0.25, 0.3) is 0 Å². The van der Waals surface area contributed by atoms with E-state index < -0.39 is 17.1 Å². The van der Waals surface area contributed by atoms with Gasteiger partial charge >= 0.3 is 11.9 Å². The summed E-state index contributed by atoms with van der Waals surface area (Å²) >= 11 is 0. The zero-order chi connectivity index (χ0) is 18.5. The molecule has 0 amide bonds. The Balaban J connectivity index is 1.76. The van der Waals surface area contributed by atoms with Gasteiger partial charge in [-0.15, -0.1) is 0 Å². The fourth-order valence-corrected chi connectivity index (χ4v) is 4.26. The van der Waals surface area contributed by atoms with Crippen molar-refractivity contribution in [2.24, 2.45) is 16.7 Å². The van der Waals surface area contributed by atoms with Gasteiger partial charge < -0.3 is 14.8 Å². The Morgan fingerprint density at radius 2 is 1.84 bits per heavy atom. The molecular weight excluding hydrogens is 318 g/mol. The number of benzene rings is 1. The average Bonchev–Trinajstić information content (AvgIpc) is 2.84. The Hall–Kier alpha value is -1.88. The van der Waals surface area contributed by atoms with Crippen molar-refractivity contribution in [1.82, 2.24) is 5.32 Å². The number of ether oxygens (including phenoxy) is 2. The van der Waals surface area contributed by atoms with Crippen LogP contribution in [0.1, 0.15) is 40.2 Å². The minimum absolute atomic E-state index is 0.0872. The molecular formula is C20H27NO4. The Kier molecular flexibility index (Phi) is 4.18. The number of hydrogen-bond donors (Lipinski definition) is 1. The third kappa shape index (κ3) is 2.84. The van der Waals surface area contributed by atoms with Gasteiger partial charge in [0, 0.05) is 6.54 Å². The first-order valence-corrected chi connectivity index (χ1v) is 8.78. The summed E-state index contributed by atoms with van der Waals surface area (Å²) in [5, 5.41) is 3.18. The smallest absolute Gasteiger partial charge is 0.324 e. The number of fused-ring (bicyclic) bond motifs is 1. The Morgan fingerprint density at radius 3 is 2.40 bits per heavy atom. The first-order valence-electron chi connectivity index (χ1n) is 8.78. The van der Waals surface area contributed by atoms with Crippen LogP contribution in [-0.4, -0.2) is 30.1 Å². The number of carbonyl (C=O) groups excluding carboxylic acids is 2. The molecule has 0 unspecified atom stereocenters. The summed E-state index contributed by atoms with van der Waals surface area (Å²) in [7, 11) is 0. The largest absolute Gasteiger partial charge is 0.460 e. The van der Waals surface area contributed by atoms with Gasteiger partial charge in [0.1, 0.15) is 23.7 Å². The Labute approximate surface area is 149 Å². The summed E-state index contributed by atoms with van der Waals surface area (Å²) in [6.45, 7) is 10.4. The van der Waals surface area contributed by atoms with E-state index >= 15 is 0 Å². The molecule has 3 rings (SSSR count). The fraction of sp³-hybridized carbons (Fsp3) is 0.600. The number of carbonyl (C=O) groups is 2. The SMILES string of the molecule is CC(C)(C)OC(=O)[C@]12[C@@H](C(=O)OCc3ccccc3)NC[C@H]1C2(C)C. The highest BCUT2D eigenvalue weighted by Crippen LogP contribution is 2.73. The molecule has 0 bridgehead atoms. The van der Waals surface area contributed by atoms with Crippen molar-refractivity contribution in [3.8, 4) is 0 Å². The summed E-state index contributed by atoms with van der Waals surface area (Å²) < 4.78 is 11.2. The zero-order valence-electron chi connectivity index (χ0n) is 15.6. The second-order valence-corrected chi connectivity index (χ2v) is 8.58. The minimum atomic E-state index is -0.839. The Morgan fingerprint density at radius 1 is 1.20 bits per heavy atom. The van der Waals surface area contributed by atoms with Crippen molar-refractivity contribution in [1.29, 1.82) is 0 Å². The molecule has 1 aromatic rings. The highest BCUT2D eigenvalue weighted by molar-refractivity contribution is 5.93. The van der Waals surface area contributed by atoms with Crippen LogP contribution < -0.4 is 5.32 Å². The first-order chi connectivity index (χ1) is 11.6. The summed E-state index contributed by atoms with van der Waals surface area (Å²) in [5.41, 5.74) is -0.784. The van der Waals surface area contributed by atoms with Crippen LogP contribution in [0.5, 0.6) is 0 Å². The molecule has 5 heteroatoms. The fourth-order valence-electron chi connectivity index (χ4n) is 4.26. The molecule has 25 heavy (non-hydrogen) atoms. The van der Waals surface area contributed by atoms with Crippen molar-refractivity contribution in [2.45, 2.75) is 52.9 Å². The van der Waals surface area contributed by atoms with Crippen molar-refractivity contribution < 1.29 is 19.1 Å².